The molecule has 1 aromatic heterocycles. The van der Waals surface area contributed by atoms with Crippen molar-refractivity contribution in [2.45, 2.75) is 13.3 Å². The summed E-state index contributed by atoms with van der Waals surface area (Å²) < 4.78 is 0. The minimum atomic E-state index is -0.374. The van der Waals surface area contributed by atoms with E-state index in [1.807, 2.05) is 31.2 Å². The molecule has 8 nitrogen and oxygen atoms in total. The molecule has 1 heterocycles. The van der Waals surface area contributed by atoms with Gasteiger partial charge in [0.2, 0.25) is 5.95 Å². The lowest BCUT2D eigenvalue weighted by Gasteiger charge is -2.14. The monoisotopic (exact) mass is 451 g/mol. The van der Waals surface area contributed by atoms with Crippen LogP contribution in [-0.2, 0) is 16.1 Å². The number of rotatable bonds is 9. The lowest BCUT2D eigenvalue weighted by molar-refractivity contribution is -0.114. The first-order valence-corrected chi connectivity index (χ1v) is 10.0. The Morgan fingerprint density at radius 2 is 1.94 bits per heavy atom. The second-order valence-corrected chi connectivity index (χ2v) is 7.22. The Kier molecular flexibility index (Phi) is 7.54. The Morgan fingerprint density at radius 1 is 1.16 bits per heavy atom. The van der Waals surface area contributed by atoms with Crippen molar-refractivity contribution in [2.24, 2.45) is 0 Å². The van der Waals surface area contributed by atoms with E-state index in [9.17, 15) is 9.59 Å². The highest BCUT2D eigenvalue weighted by Crippen LogP contribution is 2.28. The summed E-state index contributed by atoms with van der Waals surface area (Å²) in [6.07, 6.45) is 2.96. The quantitative estimate of drug-likeness (QED) is 0.324. The van der Waals surface area contributed by atoms with Crippen LogP contribution >= 0.6 is 11.6 Å². The molecule has 0 saturated heterocycles. The Morgan fingerprint density at radius 3 is 2.69 bits per heavy atom. The van der Waals surface area contributed by atoms with E-state index in [0.717, 1.165) is 11.1 Å². The summed E-state index contributed by atoms with van der Waals surface area (Å²) in [5, 5.41) is 6.59. The van der Waals surface area contributed by atoms with E-state index in [-0.39, 0.29) is 24.1 Å². The molecule has 0 unspecified atom stereocenters. The average Bonchev–Trinajstić information content (AvgIpc) is 2.78. The molecule has 9 heteroatoms. The summed E-state index contributed by atoms with van der Waals surface area (Å²) in [5.74, 6) is 0.182. The molecule has 3 N–H and O–H groups in total. The lowest BCUT2D eigenvalue weighted by Crippen LogP contribution is -2.21. The molecular formula is C23H22ClN5O3. The minimum absolute atomic E-state index is 0.0942. The van der Waals surface area contributed by atoms with Gasteiger partial charge in [0.15, 0.2) is 11.6 Å². The van der Waals surface area contributed by atoms with Crippen molar-refractivity contribution in [3.05, 3.63) is 83.0 Å². The van der Waals surface area contributed by atoms with Gasteiger partial charge >= 0.3 is 0 Å². The molecule has 0 aliphatic carbocycles. The summed E-state index contributed by atoms with van der Waals surface area (Å²) in [7, 11) is 1.37. The average molecular weight is 452 g/mol. The minimum Gasteiger partial charge on any atom is -0.339 e. The van der Waals surface area contributed by atoms with E-state index in [0.29, 0.717) is 27.8 Å². The molecule has 0 aliphatic rings. The van der Waals surface area contributed by atoms with E-state index < -0.39 is 0 Å². The normalized spacial score (nSPS) is 10.3. The maximum absolute atomic E-state index is 12.0. The van der Waals surface area contributed by atoms with Crippen LogP contribution in [0, 0.1) is 6.92 Å². The zero-order valence-electron chi connectivity index (χ0n) is 17.6. The van der Waals surface area contributed by atoms with Crippen molar-refractivity contribution in [1.82, 2.24) is 15.4 Å². The molecule has 0 saturated carbocycles. The van der Waals surface area contributed by atoms with Crippen LogP contribution in [0.5, 0.6) is 0 Å². The number of allylic oxidation sites excluding steroid dienone is 1. The molecule has 0 radical (unpaired) electrons. The number of nitrogens with zero attached hydrogens (tertiary/aromatic N) is 2. The summed E-state index contributed by atoms with van der Waals surface area (Å²) in [6.45, 7) is 5.41. The molecule has 0 fully saturated rings. The molecule has 1 amide bonds. The fourth-order valence-electron chi connectivity index (χ4n) is 2.87. The van der Waals surface area contributed by atoms with E-state index in [4.69, 9.17) is 11.6 Å². The number of hydroxylamine groups is 1. The van der Waals surface area contributed by atoms with Gasteiger partial charge < -0.3 is 10.6 Å². The summed E-state index contributed by atoms with van der Waals surface area (Å²) in [6, 6.07) is 12.5. The van der Waals surface area contributed by atoms with E-state index in [1.54, 1.807) is 18.2 Å². The van der Waals surface area contributed by atoms with E-state index >= 15 is 0 Å². The number of amides is 1. The molecular weight excluding hydrogens is 430 g/mol. The van der Waals surface area contributed by atoms with Crippen LogP contribution in [0.2, 0.25) is 5.02 Å². The van der Waals surface area contributed by atoms with Crippen LogP contribution in [0.3, 0.4) is 0 Å². The van der Waals surface area contributed by atoms with Gasteiger partial charge in [0, 0.05) is 23.4 Å². The second-order valence-electron chi connectivity index (χ2n) is 6.81. The molecule has 32 heavy (non-hydrogen) atoms. The van der Waals surface area contributed by atoms with Gasteiger partial charge in [-0.25, -0.2) is 10.5 Å². The predicted octanol–water partition coefficient (Wildman–Crippen LogP) is 4.51. The smallest absolute Gasteiger partial charge is 0.274 e. The van der Waals surface area contributed by atoms with E-state index in [2.05, 4.69) is 37.5 Å². The number of para-hydroxylation sites is 1. The highest BCUT2D eigenvalue weighted by molar-refractivity contribution is 6.32. The van der Waals surface area contributed by atoms with Crippen molar-refractivity contribution in [3.8, 4) is 0 Å². The molecule has 0 aliphatic heterocycles. The standard InChI is InChI=1S/C23H22ClN5O3/c1-4-17(30)11-15-7-5-6-8-19(15)26-21-18(24)13-25-23(28-21)27-20-12-16(10-9-14(20)2)22(31)29-32-3/h4-10,12-13H,1,11H2,2-3H3,(H,29,31)(H2,25,26,27,28). The number of aryl methyl sites for hydroxylation is 1. The Bertz CT molecular complexity index is 1170. The maximum Gasteiger partial charge on any atom is 0.274 e. The lowest BCUT2D eigenvalue weighted by atomic mass is 10.1. The van der Waals surface area contributed by atoms with Crippen molar-refractivity contribution in [1.29, 1.82) is 0 Å². The van der Waals surface area contributed by atoms with Gasteiger partial charge in [-0.3, -0.25) is 14.4 Å². The van der Waals surface area contributed by atoms with Crippen molar-refractivity contribution < 1.29 is 14.4 Å². The number of anilines is 4. The fraction of sp³-hybridized carbons (Fsp3) is 0.130. The van der Waals surface area contributed by atoms with Gasteiger partial charge in [-0.05, 0) is 42.3 Å². The van der Waals surface area contributed by atoms with Gasteiger partial charge in [-0.1, -0.05) is 42.4 Å². The number of halogens is 1. The summed E-state index contributed by atoms with van der Waals surface area (Å²) >= 11 is 6.30. The van der Waals surface area contributed by atoms with E-state index in [1.165, 1.54) is 19.4 Å². The molecule has 0 bridgehead atoms. The SMILES string of the molecule is C=CC(=O)Cc1ccccc1Nc1nc(Nc2cc(C(=O)NOC)ccc2C)ncc1Cl. The van der Waals surface area contributed by atoms with Gasteiger partial charge in [-0.15, -0.1) is 0 Å². The van der Waals surface area contributed by atoms with Gasteiger partial charge in [-0.2, -0.15) is 4.98 Å². The molecule has 0 atom stereocenters. The first-order chi connectivity index (χ1) is 15.4. The Labute approximate surface area is 190 Å². The van der Waals surface area contributed by atoms with Crippen molar-refractivity contribution in [3.63, 3.8) is 0 Å². The third-order valence-corrected chi connectivity index (χ3v) is 4.82. The Hall–Kier alpha value is -3.75. The van der Waals surface area contributed by atoms with Crippen LogP contribution in [0.15, 0.2) is 61.3 Å². The second kappa shape index (κ2) is 10.5. The predicted molar refractivity (Wildman–Crippen MR) is 125 cm³/mol. The first kappa shape index (κ1) is 22.9. The number of ketones is 1. The molecule has 0 spiro atoms. The zero-order valence-corrected chi connectivity index (χ0v) is 18.4. The number of hydrogen-bond acceptors (Lipinski definition) is 7. The highest BCUT2D eigenvalue weighted by Gasteiger charge is 2.12. The number of aromatic nitrogens is 2. The summed E-state index contributed by atoms with van der Waals surface area (Å²) in [4.78, 5) is 37.2. The van der Waals surface area contributed by atoms with Crippen molar-refractivity contribution in [2.75, 3.05) is 17.7 Å². The van der Waals surface area contributed by atoms with Crippen LogP contribution in [0.4, 0.5) is 23.1 Å². The topological polar surface area (TPSA) is 105 Å². The largest absolute Gasteiger partial charge is 0.339 e. The van der Waals surface area contributed by atoms with Crippen LogP contribution in [0.1, 0.15) is 21.5 Å². The number of carbonyl (C=O) groups is 2. The number of hydrogen-bond donors (Lipinski definition) is 3. The number of nitrogens with one attached hydrogen (secondary N) is 3. The van der Waals surface area contributed by atoms with Crippen LogP contribution < -0.4 is 16.1 Å². The molecule has 3 rings (SSSR count). The zero-order chi connectivity index (χ0) is 23.1. The molecule has 2 aromatic carbocycles. The van der Waals surface area contributed by atoms with Crippen molar-refractivity contribution >= 4 is 46.4 Å². The highest BCUT2D eigenvalue weighted by atomic mass is 35.5. The Balaban J connectivity index is 1.86. The van der Waals surface area contributed by atoms with Gasteiger partial charge in [0.05, 0.1) is 13.3 Å². The summed E-state index contributed by atoms with van der Waals surface area (Å²) in [5.41, 5.74) is 5.72. The fourth-order valence-corrected chi connectivity index (χ4v) is 3.01. The van der Waals surface area contributed by atoms with Gasteiger partial charge in [0.25, 0.3) is 5.91 Å². The molecule has 3 aromatic rings. The van der Waals surface area contributed by atoms with Gasteiger partial charge in [0.1, 0.15) is 5.02 Å². The number of benzene rings is 2. The number of carbonyl (C=O) groups excluding carboxylic acids is 2. The maximum atomic E-state index is 12.0. The van der Waals surface area contributed by atoms with Crippen LogP contribution in [0.25, 0.3) is 0 Å². The van der Waals surface area contributed by atoms with Crippen LogP contribution in [-0.4, -0.2) is 28.8 Å². The molecule has 164 valence electrons. The third kappa shape index (κ3) is 5.69. The third-order valence-electron chi connectivity index (χ3n) is 4.55. The first-order valence-electron chi connectivity index (χ1n) is 9.65.